The highest BCUT2D eigenvalue weighted by atomic mass is 35.5. The molecule has 1 fully saturated rings. The summed E-state index contributed by atoms with van der Waals surface area (Å²) in [4.78, 5) is 21.6. The summed E-state index contributed by atoms with van der Waals surface area (Å²) >= 11 is 4.74. The maximum absolute atomic E-state index is 14.3. The lowest BCUT2D eigenvalue weighted by molar-refractivity contribution is -0.120. The monoisotopic (exact) mass is 473 g/mol. The van der Waals surface area contributed by atoms with Crippen molar-refractivity contribution in [2.75, 3.05) is 11.1 Å². The van der Waals surface area contributed by atoms with E-state index in [0.29, 0.717) is 5.75 Å². The summed E-state index contributed by atoms with van der Waals surface area (Å²) in [5.74, 6) is -0.456. The Balaban J connectivity index is 0.000000451. The van der Waals surface area contributed by atoms with E-state index in [0.717, 1.165) is 39.5 Å². The molecule has 2 aromatic rings. The van der Waals surface area contributed by atoms with Gasteiger partial charge < -0.3 is 15.8 Å². The van der Waals surface area contributed by atoms with Crippen LogP contribution in [0.15, 0.2) is 18.2 Å². The minimum atomic E-state index is -1.87. The molecule has 3 rings (SSSR count). The Kier molecular flexibility index (Phi) is 8.28. The van der Waals surface area contributed by atoms with E-state index < -0.39 is 22.4 Å². The van der Waals surface area contributed by atoms with Crippen LogP contribution in [0, 0.1) is 5.82 Å². The standard InChI is InChI=1S/C17H21F2N5O.C4H6ClFO/c1-17(2,19)14-22-15(20)24-16(23-14)21-13-11(18)8-5-9-12(13)25-10-6-3-4-7-10;1-4(2,6)3(5)7/h5,8-10H,3-4,6-7H2,1-2H3,(H3,20,21,22,23,24);1-2H3. The predicted molar refractivity (Wildman–Crippen MR) is 117 cm³/mol. The summed E-state index contributed by atoms with van der Waals surface area (Å²) in [5.41, 5.74) is 2.05. The van der Waals surface area contributed by atoms with E-state index in [1.54, 1.807) is 12.1 Å². The van der Waals surface area contributed by atoms with Crippen LogP contribution < -0.4 is 15.8 Å². The summed E-state index contributed by atoms with van der Waals surface area (Å²) in [6.45, 7) is 4.84. The molecule has 11 heteroatoms. The van der Waals surface area contributed by atoms with E-state index in [4.69, 9.17) is 22.1 Å². The highest BCUT2D eigenvalue weighted by Gasteiger charge is 2.25. The lowest BCUT2D eigenvalue weighted by Crippen LogP contribution is -2.19. The third-order valence-electron chi connectivity index (χ3n) is 4.46. The molecule has 0 saturated heterocycles. The molecule has 0 bridgehead atoms. The Morgan fingerprint density at radius 2 is 1.75 bits per heavy atom. The molecule has 0 atom stereocenters. The normalized spacial score (nSPS) is 14.5. The molecular formula is C21H27ClF3N5O2. The highest BCUT2D eigenvalue weighted by Crippen LogP contribution is 2.33. The van der Waals surface area contributed by atoms with Crippen LogP contribution in [-0.2, 0) is 10.5 Å². The van der Waals surface area contributed by atoms with Gasteiger partial charge in [0.2, 0.25) is 11.9 Å². The number of benzene rings is 1. The van der Waals surface area contributed by atoms with Gasteiger partial charge >= 0.3 is 0 Å². The van der Waals surface area contributed by atoms with Crippen LogP contribution >= 0.6 is 11.6 Å². The number of alkyl halides is 2. The number of ether oxygens (including phenoxy) is 1. The van der Waals surface area contributed by atoms with Crippen molar-refractivity contribution in [3.05, 3.63) is 29.8 Å². The average Bonchev–Trinajstić information content (AvgIpc) is 3.16. The molecule has 32 heavy (non-hydrogen) atoms. The fourth-order valence-electron chi connectivity index (χ4n) is 2.74. The second-order valence-corrected chi connectivity index (χ2v) is 8.67. The third kappa shape index (κ3) is 7.51. The van der Waals surface area contributed by atoms with Gasteiger partial charge in [-0.1, -0.05) is 6.07 Å². The fourth-order valence-corrected chi connectivity index (χ4v) is 2.74. The van der Waals surface area contributed by atoms with Crippen LogP contribution in [0.1, 0.15) is 59.2 Å². The second-order valence-electron chi connectivity index (χ2n) is 8.32. The van der Waals surface area contributed by atoms with Gasteiger partial charge in [-0.3, -0.25) is 4.79 Å². The van der Waals surface area contributed by atoms with Gasteiger partial charge in [0.15, 0.2) is 23.0 Å². The third-order valence-corrected chi connectivity index (χ3v) is 4.91. The molecule has 0 spiro atoms. The van der Waals surface area contributed by atoms with Gasteiger partial charge in [-0.2, -0.15) is 15.0 Å². The Labute approximate surface area is 189 Å². The molecule has 0 amide bonds. The number of anilines is 3. The molecule has 0 unspecified atom stereocenters. The van der Waals surface area contributed by atoms with Crippen LogP contribution in [0.5, 0.6) is 5.75 Å². The summed E-state index contributed by atoms with van der Waals surface area (Å²) in [6, 6.07) is 4.55. The number of aromatic nitrogens is 3. The summed E-state index contributed by atoms with van der Waals surface area (Å²) < 4.78 is 46.4. The maximum Gasteiger partial charge on any atom is 0.258 e. The van der Waals surface area contributed by atoms with Gasteiger partial charge in [0.05, 0.1) is 6.10 Å². The number of halogens is 4. The number of hydrogen-bond acceptors (Lipinski definition) is 7. The smallest absolute Gasteiger partial charge is 0.258 e. The number of hydrogen-bond donors (Lipinski definition) is 2. The molecule has 176 valence electrons. The van der Waals surface area contributed by atoms with Gasteiger partial charge in [-0.05, 0) is 77.1 Å². The topological polar surface area (TPSA) is 103 Å². The zero-order chi connectivity index (χ0) is 24.1. The van der Waals surface area contributed by atoms with Gasteiger partial charge in [0.25, 0.3) is 5.24 Å². The van der Waals surface area contributed by atoms with E-state index in [-0.39, 0.29) is 29.5 Å². The zero-order valence-electron chi connectivity index (χ0n) is 18.4. The lowest BCUT2D eigenvalue weighted by Gasteiger charge is -2.18. The molecular weight excluding hydrogens is 447 g/mol. The summed E-state index contributed by atoms with van der Waals surface area (Å²) in [7, 11) is 0. The van der Waals surface area contributed by atoms with Crippen molar-refractivity contribution in [2.45, 2.75) is 70.8 Å². The number of nitrogens with two attached hydrogens (primary N) is 1. The van der Waals surface area contributed by atoms with Crippen molar-refractivity contribution in [3.63, 3.8) is 0 Å². The highest BCUT2D eigenvalue weighted by molar-refractivity contribution is 6.65. The van der Waals surface area contributed by atoms with Crippen molar-refractivity contribution in [3.8, 4) is 5.75 Å². The molecule has 1 aromatic carbocycles. The molecule has 1 aromatic heterocycles. The van der Waals surface area contributed by atoms with Crippen LogP contribution in [0.25, 0.3) is 0 Å². The Hall–Kier alpha value is -2.62. The van der Waals surface area contributed by atoms with Gasteiger partial charge in [0.1, 0.15) is 11.4 Å². The molecule has 1 aliphatic carbocycles. The largest absolute Gasteiger partial charge is 0.488 e. The van der Waals surface area contributed by atoms with Crippen molar-refractivity contribution in [1.29, 1.82) is 0 Å². The van der Waals surface area contributed by atoms with Crippen molar-refractivity contribution < 1.29 is 22.7 Å². The van der Waals surface area contributed by atoms with Crippen LogP contribution in [0.3, 0.4) is 0 Å². The van der Waals surface area contributed by atoms with E-state index in [2.05, 4.69) is 20.3 Å². The first-order valence-corrected chi connectivity index (χ1v) is 10.5. The van der Waals surface area contributed by atoms with Gasteiger partial charge in [-0.25, -0.2) is 13.2 Å². The number of para-hydroxylation sites is 1. The van der Waals surface area contributed by atoms with Gasteiger partial charge in [0, 0.05) is 0 Å². The fraction of sp³-hybridized carbons (Fsp3) is 0.524. The van der Waals surface area contributed by atoms with Crippen molar-refractivity contribution in [2.24, 2.45) is 0 Å². The number of nitrogens with one attached hydrogen (secondary N) is 1. The number of carbonyl (C=O) groups is 1. The predicted octanol–water partition coefficient (Wildman–Crippen LogP) is 5.36. The molecule has 0 aliphatic heterocycles. The quantitative estimate of drug-likeness (QED) is 0.544. The van der Waals surface area contributed by atoms with E-state index in [1.165, 1.54) is 19.9 Å². The van der Waals surface area contributed by atoms with Crippen molar-refractivity contribution in [1.82, 2.24) is 15.0 Å². The SMILES string of the molecule is CC(C)(F)C(=O)Cl.CC(C)(F)c1nc(N)nc(Nc2c(F)cccc2OC2CCCC2)n1. The molecule has 3 N–H and O–H groups in total. The first-order valence-electron chi connectivity index (χ1n) is 10.1. The lowest BCUT2D eigenvalue weighted by atomic mass is 10.1. The number of nitrogen functional groups attached to an aromatic ring is 1. The Morgan fingerprint density at radius 3 is 2.28 bits per heavy atom. The molecule has 7 nitrogen and oxygen atoms in total. The number of rotatable bonds is 6. The minimum Gasteiger partial charge on any atom is -0.488 e. The summed E-state index contributed by atoms with van der Waals surface area (Å²) in [6.07, 6.45) is 4.14. The molecule has 0 radical (unpaired) electrons. The van der Waals surface area contributed by atoms with Crippen LogP contribution in [0.4, 0.5) is 30.8 Å². The van der Waals surface area contributed by atoms with Crippen LogP contribution in [0.2, 0.25) is 0 Å². The van der Waals surface area contributed by atoms with Gasteiger partial charge in [-0.15, -0.1) is 0 Å². The molecule has 1 aliphatic rings. The Morgan fingerprint density at radius 1 is 1.16 bits per heavy atom. The Bertz CT molecular complexity index is 942. The minimum absolute atomic E-state index is 0.0328. The first-order chi connectivity index (χ1) is 14.8. The molecule has 1 saturated carbocycles. The summed E-state index contributed by atoms with van der Waals surface area (Å²) in [5, 5.41) is 1.81. The van der Waals surface area contributed by atoms with E-state index in [1.807, 2.05) is 0 Å². The van der Waals surface area contributed by atoms with E-state index >= 15 is 0 Å². The molecule has 1 heterocycles. The average molecular weight is 474 g/mol. The van der Waals surface area contributed by atoms with Crippen molar-refractivity contribution >= 4 is 34.4 Å². The second kappa shape index (κ2) is 10.3. The first kappa shape index (κ1) is 25.6. The van der Waals surface area contributed by atoms with Crippen LogP contribution in [-0.4, -0.2) is 32.0 Å². The number of carbonyl (C=O) groups excluding carboxylic acids is 1. The number of nitrogens with zero attached hydrogens (tertiary/aromatic N) is 3. The zero-order valence-corrected chi connectivity index (χ0v) is 19.1. The maximum atomic E-state index is 14.3. The van der Waals surface area contributed by atoms with E-state index in [9.17, 15) is 18.0 Å².